The number of carbonyl (C=O) groups excluding carboxylic acids is 1. The summed E-state index contributed by atoms with van der Waals surface area (Å²) in [5.74, 6) is 0.241. The smallest absolute Gasteiger partial charge is 0.247 e. The Labute approximate surface area is 218 Å². The highest BCUT2D eigenvalue weighted by molar-refractivity contribution is 5.93. The maximum atomic E-state index is 11.9. The van der Waals surface area contributed by atoms with E-state index in [2.05, 4.69) is 48.7 Å². The van der Waals surface area contributed by atoms with E-state index < -0.39 is 6.10 Å². The molecule has 4 atom stereocenters. The van der Waals surface area contributed by atoms with Crippen molar-refractivity contribution in [2.45, 2.75) is 66.5 Å². The van der Waals surface area contributed by atoms with Crippen LogP contribution in [0.4, 0.5) is 0 Å². The molecule has 0 aliphatic heterocycles. The SMILES string of the molecule is CC(C=CC=CC=CC=C(C)C(=O)N[C@@H](C)CO)=C[C@@H](C)[C@@H](O)C(C)=C[C@@H](C)CCc1ccccc1. The molecule has 1 aromatic carbocycles. The van der Waals surface area contributed by atoms with E-state index >= 15 is 0 Å². The molecule has 0 aliphatic rings. The average molecular weight is 492 g/mol. The zero-order valence-electron chi connectivity index (χ0n) is 22.8. The zero-order valence-corrected chi connectivity index (χ0v) is 22.8. The number of benzene rings is 1. The summed E-state index contributed by atoms with van der Waals surface area (Å²) in [6.07, 6.45) is 19.1. The third-order valence-electron chi connectivity index (χ3n) is 5.93. The number of rotatable bonds is 14. The normalized spacial score (nSPS) is 17.1. The third-order valence-corrected chi connectivity index (χ3v) is 5.93. The van der Waals surface area contributed by atoms with Crippen LogP contribution in [0.15, 0.2) is 102 Å². The number of allylic oxidation sites excluding steroid dienone is 9. The molecule has 0 aliphatic carbocycles. The Morgan fingerprint density at radius 2 is 1.58 bits per heavy atom. The number of hydrogen-bond acceptors (Lipinski definition) is 3. The van der Waals surface area contributed by atoms with Gasteiger partial charge in [0.1, 0.15) is 0 Å². The Balaban J connectivity index is 2.53. The van der Waals surface area contributed by atoms with Gasteiger partial charge in [0.05, 0.1) is 12.7 Å². The molecule has 1 rings (SSSR count). The number of aliphatic hydroxyl groups excluding tert-OH is 2. The van der Waals surface area contributed by atoms with E-state index in [1.165, 1.54) is 5.56 Å². The third kappa shape index (κ3) is 13.2. The number of carbonyl (C=O) groups is 1. The van der Waals surface area contributed by atoms with Crippen molar-refractivity contribution >= 4 is 5.91 Å². The molecular weight excluding hydrogens is 446 g/mol. The van der Waals surface area contributed by atoms with E-state index in [0.29, 0.717) is 11.5 Å². The van der Waals surface area contributed by atoms with Gasteiger partial charge in [-0.25, -0.2) is 0 Å². The van der Waals surface area contributed by atoms with Gasteiger partial charge in [-0.2, -0.15) is 0 Å². The molecule has 36 heavy (non-hydrogen) atoms. The summed E-state index contributed by atoms with van der Waals surface area (Å²) < 4.78 is 0. The summed E-state index contributed by atoms with van der Waals surface area (Å²) in [6.45, 7) is 11.7. The van der Waals surface area contributed by atoms with Gasteiger partial charge >= 0.3 is 0 Å². The van der Waals surface area contributed by atoms with Crippen LogP contribution < -0.4 is 5.32 Å². The molecule has 0 fully saturated rings. The fraction of sp³-hybridized carbons (Fsp3) is 0.406. The minimum atomic E-state index is -0.501. The monoisotopic (exact) mass is 491 g/mol. The van der Waals surface area contributed by atoms with Gasteiger partial charge in [-0.15, -0.1) is 0 Å². The highest BCUT2D eigenvalue weighted by atomic mass is 16.3. The van der Waals surface area contributed by atoms with E-state index in [1.54, 1.807) is 26.0 Å². The second-order valence-corrected chi connectivity index (χ2v) is 9.66. The van der Waals surface area contributed by atoms with E-state index in [9.17, 15) is 9.90 Å². The van der Waals surface area contributed by atoms with Crippen LogP contribution in [0.5, 0.6) is 0 Å². The van der Waals surface area contributed by atoms with Crippen LogP contribution in [0.1, 0.15) is 53.5 Å². The maximum absolute atomic E-state index is 11.9. The van der Waals surface area contributed by atoms with E-state index in [0.717, 1.165) is 24.0 Å². The van der Waals surface area contributed by atoms with Crippen molar-refractivity contribution in [3.8, 4) is 0 Å². The summed E-state index contributed by atoms with van der Waals surface area (Å²) in [5, 5.41) is 22.5. The van der Waals surface area contributed by atoms with Crippen LogP contribution in [0.3, 0.4) is 0 Å². The van der Waals surface area contributed by atoms with Crippen LogP contribution in [0, 0.1) is 11.8 Å². The number of hydrogen-bond donors (Lipinski definition) is 3. The lowest BCUT2D eigenvalue weighted by atomic mass is 9.92. The first-order valence-electron chi connectivity index (χ1n) is 12.8. The average Bonchev–Trinajstić information content (AvgIpc) is 2.86. The summed E-state index contributed by atoms with van der Waals surface area (Å²) in [6, 6.07) is 10.3. The minimum absolute atomic E-state index is 0.0175. The summed E-state index contributed by atoms with van der Waals surface area (Å²) >= 11 is 0. The van der Waals surface area contributed by atoms with Crippen LogP contribution in [0.25, 0.3) is 0 Å². The fourth-order valence-electron chi connectivity index (χ4n) is 3.70. The Bertz CT molecular complexity index is 966. The predicted molar refractivity (Wildman–Crippen MR) is 152 cm³/mol. The quantitative estimate of drug-likeness (QED) is 0.163. The molecule has 0 radical (unpaired) electrons. The van der Waals surface area contributed by atoms with Gasteiger partial charge in [-0.3, -0.25) is 4.79 Å². The minimum Gasteiger partial charge on any atom is -0.394 e. The van der Waals surface area contributed by atoms with Gasteiger partial charge in [0.15, 0.2) is 0 Å². The van der Waals surface area contributed by atoms with E-state index in [4.69, 9.17) is 5.11 Å². The molecule has 0 unspecified atom stereocenters. The molecule has 1 aromatic rings. The van der Waals surface area contributed by atoms with Gasteiger partial charge in [0, 0.05) is 17.5 Å². The molecule has 4 heteroatoms. The first-order chi connectivity index (χ1) is 17.1. The largest absolute Gasteiger partial charge is 0.394 e. The molecule has 0 bridgehead atoms. The highest BCUT2D eigenvalue weighted by Gasteiger charge is 2.14. The summed E-state index contributed by atoms with van der Waals surface area (Å²) in [5.41, 5.74) is 4.04. The standard InChI is InChI=1S/C32H45NO3/c1-24(15-11-8-7-9-12-16-26(3)32(36)33-29(6)23-34)21-27(4)31(35)28(5)22-25(2)19-20-30-17-13-10-14-18-30/h7-18,21-22,25,27,29,31,34-35H,19-20,23H2,1-6H3,(H,33,36)/t25-,27+,29-,31+/m0/s1. The van der Waals surface area contributed by atoms with Crippen LogP contribution in [-0.2, 0) is 11.2 Å². The molecule has 1 amide bonds. The van der Waals surface area contributed by atoms with Gasteiger partial charge in [-0.05, 0) is 57.6 Å². The summed E-state index contributed by atoms with van der Waals surface area (Å²) in [4.78, 5) is 11.9. The number of amides is 1. The van der Waals surface area contributed by atoms with Crippen LogP contribution in [-0.4, -0.2) is 34.9 Å². The Hall–Kier alpha value is -2.95. The Morgan fingerprint density at radius 3 is 2.25 bits per heavy atom. The lowest BCUT2D eigenvalue weighted by Crippen LogP contribution is -2.35. The van der Waals surface area contributed by atoms with Crippen molar-refractivity contribution in [1.29, 1.82) is 0 Å². The molecule has 0 saturated heterocycles. The van der Waals surface area contributed by atoms with Crippen molar-refractivity contribution in [3.05, 3.63) is 107 Å². The van der Waals surface area contributed by atoms with Crippen LogP contribution >= 0.6 is 0 Å². The van der Waals surface area contributed by atoms with E-state index in [1.807, 2.05) is 57.2 Å². The van der Waals surface area contributed by atoms with Crippen LogP contribution in [0.2, 0.25) is 0 Å². The first-order valence-corrected chi connectivity index (χ1v) is 12.8. The van der Waals surface area contributed by atoms with Gasteiger partial charge in [-0.1, -0.05) is 104 Å². The number of nitrogens with one attached hydrogen (secondary N) is 1. The molecule has 3 N–H and O–H groups in total. The molecule has 196 valence electrons. The van der Waals surface area contributed by atoms with Gasteiger partial charge < -0.3 is 15.5 Å². The predicted octanol–water partition coefficient (Wildman–Crippen LogP) is 6.26. The van der Waals surface area contributed by atoms with Gasteiger partial charge in [0.2, 0.25) is 5.91 Å². The molecule has 0 aromatic heterocycles. The van der Waals surface area contributed by atoms with Crippen molar-refractivity contribution < 1.29 is 15.0 Å². The molecule has 0 heterocycles. The fourth-order valence-corrected chi connectivity index (χ4v) is 3.70. The Kier molecular flexibility index (Phi) is 15.1. The van der Waals surface area contributed by atoms with Crippen molar-refractivity contribution in [1.82, 2.24) is 5.32 Å². The second kappa shape index (κ2) is 17.5. The molecule has 4 nitrogen and oxygen atoms in total. The summed E-state index contributed by atoms with van der Waals surface area (Å²) in [7, 11) is 0. The Morgan fingerprint density at radius 1 is 0.944 bits per heavy atom. The van der Waals surface area contributed by atoms with E-state index in [-0.39, 0.29) is 24.5 Å². The van der Waals surface area contributed by atoms with Crippen molar-refractivity contribution in [3.63, 3.8) is 0 Å². The topological polar surface area (TPSA) is 69.6 Å². The maximum Gasteiger partial charge on any atom is 0.247 e. The lowest BCUT2D eigenvalue weighted by Gasteiger charge is -2.19. The number of aryl methyl sites for hydroxylation is 1. The molecule has 0 saturated carbocycles. The first kappa shape index (κ1) is 31.1. The lowest BCUT2D eigenvalue weighted by molar-refractivity contribution is -0.118. The van der Waals surface area contributed by atoms with Crippen molar-refractivity contribution in [2.24, 2.45) is 11.8 Å². The second-order valence-electron chi connectivity index (χ2n) is 9.66. The highest BCUT2D eigenvalue weighted by Crippen LogP contribution is 2.19. The zero-order chi connectivity index (χ0) is 26.9. The van der Waals surface area contributed by atoms with Crippen molar-refractivity contribution in [2.75, 3.05) is 6.61 Å². The number of aliphatic hydroxyl groups is 2. The van der Waals surface area contributed by atoms with Gasteiger partial charge in [0.25, 0.3) is 0 Å². The molecule has 0 spiro atoms. The molecular formula is C32H45NO3.